The second-order valence-electron chi connectivity index (χ2n) is 4.91. The van der Waals surface area contributed by atoms with Gasteiger partial charge in [0, 0.05) is 25.9 Å². The number of rotatable bonds is 4. The first kappa shape index (κ1) is 12.5. The zero-order chi connectivity index (χ0) is 13.4. The molecule has 0 radical (unpaired) electrons. The van der Waals surface area contributed by atoms with Gasteiger partial charge in [-0.1, -0.05) is 12.2 Å². The highest BCUT2D eigenvalue weighted by Crippen LogP contribution is 2.42. The first-order chi connectivity index (χ1) is 9.17. The van der Waals surface area contributed by atoms with E-state index in [9.17, 15) is 0 Å². The Bertz CT molecular complexity index is 644. The smallest absolute Gasteiger partial charge is 0.137 e. The van der Waals surface area contributed by atoms with E-state index in [-0.39, 0.29) is 6.10 Å². The number of aromatic amines is 1. The van der Waals surface area contributed by atoms with Crippen LogP contribution in [-0.2, 0) is 11.8 Å². The van der Waals surface area contributed by atoms with E-state index in [1.54, 1.807) is 11.8 Å². The normalized spacial score (nSPS) is 16.5. The van der Waals surface area contributed by atoms with E-state index in [1.165, 1.54) is 12.8 Å². The van der Waals surface area contributed by atoms with Gasteiger partial charge in [0.15, 0.2) is 0 Å². The van der Waals surface area contributed by atoms with Crippen molar-refractivity contribution in [2.75, 3.05) is 7.11 Å². The summed E-state index contributed by atoms with van der Waals surface area (Å²) in [6, 6.07) is 1.86. The molecule has 1 unspecified atom stereocenters. The van der Waals surface area contributed by atoms with Crippen LogP contribution in [0, 0.1) is 10.6 Å². The lowest BCUT2D eigenvalue weighted by molar-refractivity contribution is 0.0772. The Balaban J connectivity index is 2.02. The van der Waals surface area contributed by atoms with Crippen LogP contribution in [0.4, 0.5) is 0 Å². The molecule has 0 aromatic carbocycles. The molecule has 100 valence electrons. The summed E-state index contributed by atoms with van der Waals surface area (Å²) in [6.07, 6.45) is 6.15. The van der Waals surface area contributed by atoms with Crippen molar-refractivity contribution >= 4 is 12.2 Å². The van der Waals surface area contributed by atoms with E-state index in [0.717, 1.165) is 17.1 Å². The second kappa shape index (κ2) is 4.86. The lowest BCUT2D eigenvalue weighted by atomic mass is 10.2. The molecule has 6 heteroatoms. The maximum absolute atomic E-state index is 5.55. The fraction of sp³-hybridized carbons (Fsp3) is 0.462. The van der Waals surface area contributed by atoms with Crippen molar-refractivity contribution in [2.45, 2.75) is 18.9 Å². The Hall–Kier alpha value is -1.53. The van der Waals surface area contributed by atoms with Crippen LogP contribution in [0.3, 0.4) is 0 Å². The molecule has 1 N–H and O–H groups in total. The van der Waals surface area contributed by atoms with Gasteiger partial charge in [-0.3, -0.25) is 4.68 Å². The van der Waals surface area contributed by atoms with Crippen LogP contribution in [0.1, 0.15) is 24.8 Å². The highest BCUT2D eigenvalue weighted by molar-refractivity contribution is 7.71. The molecule has 0 bridgehead atoms. The molecule has 1 atom stereocenters. The molecule has 0 spiro atoms. The summed E-state index contributed by atoms with van der Waals surface area (Å²) in [6.45, 7) is 0. The molecule has 0 amide bonds. The zero-order valence-corrected chi connectivity index (χ0v) is 11.8. The van der Waals surface area contributed by atoms with Crippen LogP contribution in [0.2, 0.25) is 0 Å². The van der Waals surface area contributed by atoms with E-state index < -0.39 is 0 Å². The minimum atomic E-state index is 0.0123. The fourth-order valence-corrected chi connectivity index (χ4v) is 2.47. The molecule has 3 rings (SSSR count). The number of aromatic nitrogens is 4. The van der Waals surface area contributed by atoms with Crippen molar-refractivity contribution in [3.63, 3.8) is 0 Å². The Morgan fingerprint density at radius 3 is 2.89 bits per heavy atom. The number of hydrogen-bond acceptors (Lipinski definition) is 4. The summed E-state index contributed by atoms with van der Waals surface area (Å²) >= 11 is 5.25. The zero-order valence-electron chi connectivity index (χ0n) is 11.0. The molecular formula is C13H16N4OS. The molecule has 0 aliphatic heterocycles. The summed E-state index contributed by atoms with van der Waals surface area (Å²) in [5, 5.41) is 4.18. The van der Waals surface area contributed by atoms with Crippen LogP contribution >= 0.6 is 12.2 Å². The molecule has 1 aliphatic rings. The van der Waals surface area contributed by atoms with E-state index in [4.69, 9.17) is 17.0 Å². The maximum Gasteiger partial charge on any atom is 0.137 e. The number of nitrogens with one attached hydrogen (secondary N) is 1. The Labute approximate surface area is 116 Å². The largest absolute Gasteiger partial charge is 0.373 e. The topological polar surface area (TPSA) is 55.7 Å². The van der Waals surface area contributed by atoms with E-state index in [2.05, 4.69) is 15.1 Å². The molecule has 0 saturated heterocycles. The SMILES string of the molecule is COC(c1nc(=S)cc(-c2cnn(C)c2)[nH]1)C1CC1. The molecule has 1 saturated carbocycles. The quantitative estimate of drug-likeness (QED) is 0.872. The van der Waals surface area contributed by atoms with Crippen molar-refractivity contribution < 1.29 is 4.74 Å². The first-order valence-corrected chi connectivity index (χ1v) is 6.71. The molecule has 19 heavy (non-hydrogen) atoms. The van der Waals surface area contributed by atoms with Gasteiger partial charge >= 0.3 is 0 Å². The van der Waals surface area contributed by atoms with Gasteiger partial charge in [0.25, 0.3) is 0 Å². The lowest BCUT2D eigenvalue weighted by Gasteiger charge is -2.14. The van der Waals surface area contributed by atoms with E-state index >= 15 is 0 Å². The summed E-state index contributed by atoms with van der Waals surface area (Å²) in [7, 11) is 3.61. The molecule has 2 aromatic rings. The third-order valence-electron chi connectivity index (χ3n) is 3.35. The third kappa shape index (κ3) is 2.59. The van der Waals surface area contributed by atoms with Crippen LogP contribution in [0.25, 0.3) is 11.3 Å². The first-order valence-electron chi connectivity index (χ1n) is 6.30. The van der Waals surface area contributed by atoms with Gasteiger partial charge in [-0.2, -0.15) is 5.10 Å². The van der Waals surface area contributed by atoms with Gasteiger partial charge in [0.05, 0.1) is 11.9 Å². The average molecular weight is 276 g/mol. The van der Waals surface area contributed by atoms with Crippen molar-refractivity contribution in [3.05, 3.63) is 28.9 Å². The molecule has 5 nitrogen and oxygen atoms in total. The number of H-pyrrole nitrogens is 1. The number of aryl methyl sites for hydroxylation is 1. The average Bonchev–Trinajstić information content (AvgIpc) is 3.11. The molecule has 1 fully saturated rings. The standard InChI is InChI=1S/C13H16N4OS/c1-17-7-9(6-14-17)10-5-11(19)16-13(15-10)12(18-2)8-3-4-8/h5-8,12H,3-4H2,1-2H3,(H,15,16,19). The summed E-state index contributed by atoms with van der Waals surface area (Å²) in [4.78, 5) is 7.74. The van der Waals surface area contributed by atoms with E-state index in [0.29, 0.717) is 10.6 Å². The Morgan fingerprint density at radius 1 is 1.53 bits per heavy atom. The van der Waals surface area contributed by atoms with Crippen molar-refractivity contribution in [2.24, 2.45) is 13.0 Å². The predicted molar refractivity (Wildman–Crippen MR) is 74.1 cm³/mol. The van der Waals surface area contributed by atoms with Crippen LogP contribution in [0.15, 0.2) is 18.5 Å². The molecule has 2 heterocycles. The monoisotopic (exact) mass is 276 g/mol. The summed E-state index contributed by atoms with van der Waals surface area (Å²) in [5.74, 6) is 1.38. The van der Waals surface area contributed by atoms with Crippen molar-refractivity contribution in [3.8, 4) is 11.3 Å². The fourth-order valence-electron chi connectivity index (χ4n) is 2.25. The number of hydrogen-bond donors (Lipinski definition) is 1. The van der Waals surface area contributed by atoms with Crippen molar-refractivity contribution in [1.29, 1.82) is 0 Å². The van der Waals surface area contributed by atoms with Gasteiger partial charge in [-0.05, 0) is 24.8 Å². The molecule has 2 aromatic heterocycles. The summed E-state index contributed by atoms with van der Waals surface area (Å²) < 4.78 is 7.89. The number of nitrogens with zero attached hydrogens (tertiary/aromatic N) is 3. The Kier molecular flexibility index (Phi) is 3.20. The number of methoxy groups -OCH3 is 1. The van der Waals surface area contributed by atoms with Gasteiger partial charge in [-0.15, -0.1) is 0 Å². The second-order valence-corrected chi connectivity index (χ2v) is 5.33. The van der Waals surface area contributed by atoms with Gasteiger partial charge < -0.3 is 9.72 Å². The van der Waals surface area contributed by atoms with E-state index in [1.807, 2.05) is 25.5 Å². The minimum absolute atomic E-state index is 0.0123. The number of ether oxygens (including phenoxy) is 1. The highest BCUT2D eigenvalue weighted by Gasteiger charge is 2.34. The minimum Gasteiger partial charge on any atom is -0.373 e. The van der Waals surface area contributed by atoms with Gasteiger partial charge in [0.2, 0.25) is 0 Å². The predicted octanol–water partition coefficient (Wildman–Crippen LogP) is 2.64. The van der Waals surface area contributed by atoms with Gasteiger partial charge in [0.1, 0.15) is 16.6 Å². The molecule has 1 aliphatic carbocycles. The summed E-state index contributed by atoms with van der Waals surface area (Å²) in [5.41, 5.74) is 1.94. The van der Waals surface area contributed by atoms with Crippen LogP contribution in [-0.4, -0.2) is 26.9 Å². The Morgan fingerprint density at radius 2 is 2.32 bits per heavy atom. The van der Waals surface area contributed by atoms with Crippen molar-refractivity contribution in [1.82, 2.24) is 19.7 Å². The van der Waals surface area contributed by atoms with Crippen LogP contribution < -0.4 is 0 Å². The molecular weight excluding hydrogens is 260 g/mol. The van der Waals surface area contributed by atoms with Crippen LogP contribution in [0.5, 0.6) is 0 Å². The lowest BCUT2D eigenvalue weighted by Crippen LogP contribution is -2.09. The maximum atomic E-state index is 5.55. The third-order valence-corrected chi connectivity index (χ3v) is 3.56. The van der Waals surface area contributed by atoms with Gasteiger partial charge in [-0.25, -0.2) is 4.98 Å². The highest BCUT2D eigenvalue weighted by atomic mass is 32.1.